The average molecular weight is 411 g/mol. The fourth-order valence-corrected chi connectivity index (χ4v) is 3.35. The minimum Gasteiger partial charge on any atom is -0.325 e. The molecule has 0 atom stereocenters. The smallest absolute Gasteiger partial charge is 0.261 e. The van der Waals surface area contributed by atoms with E-state index in [1.165, 1.54) is 10.9 Å². The van der Waals surface area contributed by atoms with Crippen molar-refractivity contribution in [1.82, 2.24) is 29.4 Å². The van der Waals surface area contributed by atoms with E-state index in [2.05, 4.69) is 25.6 Å². The largest absolute Gasteiger partial charge is 0.325 e. The highest BCUT2D eigenvalue weighted by Crippen LogP contribution is 2.20. The number of anilines is 1. The maximum atomic E-state index is 12.5. The molecule has 3 aromatic heterocycles. The molecule has 0 spiro atoms. The molecule has 0 fully saturated rings. The third-order valence-electron chi connectivity index (χ3n) is 4.93. The van der Waals surface area contributed by atoms with E-state index in [1.807, 2.05) is 37.3 Å². The predicted octanol–water partition coefficient (Wildman–Crippen LogP) is 2.45. The van der Waals surface area contributed by atoms with E-state index in [9.17, 15) is 9.59 Å². The number of amides is 1. The molecule has 0 aliphatic carbocycles. The van der Waals surface area contributed by atoms with Crippen molar-refractivity contribution in [2.24, 2.45) is 0 Å². The minimum absolute atomic E-state index is 0.121. The summed E-state index contributed by atoms with van der Waals surface area (Å²) >= 11 is 0. The van der Waals surface area contributed by atoms with Crippen molar-refractivity contribution in [2.45, 2.75) is 13.5 Å². The molecule has 0 saturated heterocycles. The third kappa shape index (κ3) is 3.52. The van der Waals surface area contributed by atoms with Crippen LogP contribution >= 0.6 is 0 Å². The predicted molar refractivity (Wildman–Crippen MR) is 116 cm³/mol. The zero-order valence-corrected chi connectivity index (χ0v) is 16.6. The van der Waals surface area contributed by atoms with Crippen LogP contribution in [0, 0.1) is 6.92 Å². The highest BCUT2D eigenvalue weighted by atomic mass is 16.2. The van der Waals surface area contributed by atoms with Crippen LogP contribution in [-0.2, 0) is 11.3 Å². The number of rotatable bonds is 4. The Bertz CT molecular complexity index is 1490. The van der Waals surface area contributed by atoms with Gasteiger partial charge in [-0.05, 0) is 43.3 Å². The summed E-state index contributed by atoms with van der Waals surface area (Å²) in [5.41, 5.74) is 3.32. The van der Waals surface area contributed by atoms with Crippen LogP contribution < -0.4 is 10.9 Å². The minimum atomic E-state index is -0.313. The van der Waals surface area contributed by atoms with Crippen molar-refractivity contribution in [3.63, 3.8) is 0 Å². The maximum absolute atomic E-state index is 12.5. The van der Waals surface area contributed by atoms with Crippen LogP contribution in [0.3, 0.4) is 0 Å². The quantitative estimate of drug-likeness (QED) is 0.487. The van der Waals surface area contributed by atoms with Crippen LogP contribution in [-0.4, -0.2) is 35.3 Å². The number of para-hydroxylation sites is 1. The molecule has 9 heteroatoms. The van der Waals surface area contributed by atoms with Gasteiger partial charge in [-0.25, -0.2) is 4.98 Å². The molecule has 3 heterocycles. The lowest BCUT2D eigenvalue weighted by atomic mass is 10.1. The zero-order valence-electron chi connectivity index (χ0n) is 16.6. The molecule has 0 aliphatic rings. The standard InChI is InChI=1S/C22H17N7O2/c1-14-25-26-20-11-10-18(27-29(14)20)15-6-8-16(9-7-15)24-21(30)12-28-13-23-19-5-3-2-4-17(19)22(28)31/h2-11,13H,12H2,1H3,(H,24,30). The van der Waals surface area contributed by atoms with E-state index in [-0.39, 0.29) is 18.0 Å². The van der Waals surface area contributed by atoms with Gasteiger partial charge in [-0.2, -0.15) is 9.61 Å². The van der Waals surface area contributed by atoms with Gasteiger partial charge in [0.05, 0.1) is 22.9 Å². The van der Waals surface area contributed by atoms with Gasteiger partial charge < -0.3 is 5.32 Å². The summed E-state index contributed by atoms with van der Waals surface area (Å²) in [4.78, 5) is 29.2. The fourth-order valence-electron chi connectivity index (χ4n) is 3.35. The zero-order chi connectivity index (χ0) is 21.4. The van der Waals surface area contributed by atoms with Crippen molar-refractivity contribution in [3.8, 4) is 11.3 Å². The second kappa shape index (κ2) is 7.45. The SMILES string of the molecule is Cc1nnc2ccc(-c3ccc(NC(=O)Cn4cnc5ccccc5c4=O)cc3)nn12. The topological polar surface area (TPSA) is 107 Å². The molecular formula is C22H17N7O2. The van der Waals surface area contributed by atoms with Crippen LogP contribution in [0.4, 0.5) is 5.69 Å². The van der Waals surface area contributed by atoms with Crippen molar-refractivity contribution in [2.75, 3.05) is 5.32 Å². The summed E-state index contributed by atoms with van der Waals surface area (Å²) in [5.74, 6) is 0.394. The van der Waals surface area contributed by atoms with Gasteiger partial charge in [0.15, 0.2) is 11.5 Å². The van der Waals surface area contributed by atoms with E-state index in [0.717, 1.165) is 11.3 Å². The summed E-state index contributed by atoms with van der Waals surface area (Å²) < 4.78 is 2.98. The van der Waals surface area contributed by atoms with Gasteiger partial charge in [-0.1, -0.05) is 24.3 Å². The first-order chi connectivity index (χ1) is 15.1. The van der Waals surface area contributed by atoms with Crippen LogP contribution in [0.1, 0.15) is 5.82 Å². The Labute approximate surface area is 176 Å². The lowest BCUT2D eigenvalue weighted by Gasteiger charge is -2.09. The van der Waals surface area contributed by atoms with Gasteiger partial charge in [0.2, 0.25) is 5.91 Å². The van der Waals surface area contributed by atoms with E-state index in [0.29, 0.717) is 28.1 Å². The molecular weight excluding hydrogens is 394 g/mol. The van der Waals surface area contributed by atoms with Gasteiger partial charge >= 0.3 is 0 Å². The van der Waals surface area contributed by atoms with Gasteiger partial charge in [-0.3, -0.25) is 14.2 Å². The third-order valence-corrected chi connectivity index (χ3v) is 4.93. The van der Waals surface area contributed by atoms with Crippen LogP contribution in [0.15, 0.2) is 71.8 Å². The van der Waals surface area contributed by atoms with E-state index >= 15 is 0 Å². The Hall–Kier alpha value is -4.40. The number of nitrogens with zero attached hydrogens (tertiary/aromatic N) is 6. The number of nitrogens with one attached hydrogen (secondary N) is 1. The number of hydrogen-bond donors (Lipinski definition) is 1. The maximum Gasteiger partial charge on any atom is 0.261 e. The Morgan fingerprint density at radius 3 is 2.65 bits per heavy atom. The Morgan fingerprint density at radius 2 is 1.81 bits per heavy atom. The lowest BCUT2D eigenvalue weighted by molar-refractivity contribution is -0.116. The van der Waals surface area contributed by atoms with Crippen LogP contribution in [0.2, 0.25) is 0 Å². The summed E-state index contributed by atoms with van der Waals surface area (Å²) in [6, 6.07) is 18.1. The number of carbonyl (C=O) groups excluding carboxylic acids is 1. The molecule has 5 rings (SSSR count). The van der Waals surface area contributed by atoms with Gasteiger partial charge in [-0.15, -0.1) is 10.2 Å². The second-order valence-electron chi connectivity index (χ2n) is 7.06. The molecule has 1 amide bonds. The first-order valence-electron chi connectivity index (χ1n) is 9.62. The fraction of sp³-hybridized carbons (Fsp3) is 0.0909. The number of benzene rings is 2. The first-order valence-corrected chi connectivity index (χ1v) is 9.62. The molecule has 9 nitrogen and oxygen atoms in total. The normalized spacial score (nSPS) is 11.1. The Kier molecular flexibility index (Phi) is 4.47. The van der Waals surface area contributed by atoms with Gasteiger partial charge in [0.1, 0.15) is 6.54 Å². The molecule has 0 saturated carbocycles. The number of fused-ring (bicyclic) bond motifs is 2. The molecule has 31 heavy (non-hydrogen) atoms. The van der Waals surface area contributed by atoms with Gasteiger partial charge in [0, 0.05) is 11.3 Å². The number of aryl methyl sites for hydroxylation is 1. The summed E-state index contributed by atoms with van der Waals surface area (Å²) in [7, 11) is 0. The number of hydrogen-bond acceptors (Lipinski definition) is 6. The van der Waals surface area contributed by atoms with E-state index in [1.54, 1.807) is 34.8 Å². The van der Waals surface area contributed by atoms with Gasteiger partial charge in [0.25, 0.3) is 5.56 Å². The van der Waals surface area contributed by atoms with Crippen molar-refractivity contribution >= 4 is 28.1 Å². The molecule has 0 radical (unpaired) electrons. The van der Waals surface area contributed by atoms with Crippen molar-refractivity contribution < 1.29 is 4.79 Å². The van der Waals surface area contributed by atoms with Crippen molar-refractivity contribution in [3.05, 3.63) is 83.2 Å². The summed E-state index contributed by atoms with van der Waals surface area (Å²) in [5, 5.41) is 15.9. The molecule has 1 N–H and O–H groups in total. The highest BCUT2D eigenvalue weighted by molar-refractivity contribution is 5.91. The monoisotopic (exact) mass is 411 g/mol. The van der Waals surface area contributed by atoms with Crippen molar-refractivity contribution in [1.29, 1.82) is 0 Å². The summed E-state index contributed by atoms with van der Waals surface area (Å²) in [6.45, 7) is 1.72. The molecule has 5 aromatic rings. The second-order valence-corrected chi connectivity index (χ2v) is 7.06. The van der Waals surface area contributed by atoms with Crippen LogP contribution in [0.5, 0.6) is 0 Å². The average Bonchev–Trinajstić information content (AvgIpc) is 3.16. The Morgan fingerprint density at radius 1 is 1.00 bits per heavy atom. The molecule has 2 aromatic carbocycles. The molecule has 0 aliphatic heterocycles. The first kappa shape index (κ1) is 18.6. The lowest BCUT2D eigenvalue weighted by Crippen LogP contribution is -2.27. The number of aromatic nitrogens is 6. The highest BCUT2D eigenvalue weighted by Gasteiger charge is 2.09. The molecule has 0 bridgehead atoms. The van der Waals surface area contributed by atoms with E-state index in [4.69, 9.17) is 0 Å². The van der Waals surface area contributed by atoms with Crippen LogP contribution in [0.25, 0.3) is 27.8 Å². The molecule has 0 unspecified atom stereocenters. The molecule has 152 valence electrons. The van der Waals surface area contributed by atoms with E-state index < -0.39 is 0 Å². The number of carbonyl (C=O) groups is 1. The summed E-state index contributed by atoms with van der Waals surface area (Å²) in [6.07, 6.45) is 1.39. The Balaban J connectivity index is 1.32.